The van der Waals surface area contributed by atoms with E-state index in [4.69, 9.17) is 10.5 Å². The van der Waals surface area contributed by atoms with Crippen molar-refractivity contribution in [1.29, 1.82) is 0 Å². The Kier molecular flexibility index (Phi) is 2.97. The molecule has 6 nitrogen and oxygen atoms in total. The van der Waals surface area contributed by atoms with Gasteiger partial charge in [-0.2, -0.15) is 10.2 Å². The average Bonchev–Trinajstić information content (AvgIpc) is 3.19. The van der Waals surface area contributed by atoms with Gasteiger partial charge in [-0.1, -0.05) is 0 Å². The average molecular weight is 309 g/mol. The van der Waals surface area contributed by atoms with E-state index in [0.29, 0.717) is 11.4 Å². The molecule has 0 unspecified atom stereocenters. The number of H-pyrrole nitrogens is 2. The largest absolute Gasteiger partial charge is 0.454 e. The van der Waals surface area contributed by atoms with Crippen molar-refractivity contribution in [3.63, 3.8) is 0 Å². The zero-order valence-corrected chi connectivity index (χ0v) is 11.9. The summed E-state index contributed by atoms with van der Waals surface area (Å²) in [5.74, 6) is 0.0891. The smallest absolute Gasteiger partial charge is 0.167 e. The van der Waals surface area contributed by atoms with E-state index in [9.17, 15) is 4.39 Å². The van der Waals surface area contributed by atoms with Crippen LogP contribution in [0.4, 0.5) is 10.1 Å². The number of halogens is 1. The Bertz CT molecular complexity index is 977. The zero-order valence-electron chi connectivity index (χ0n) is 11.9. The molecule has 0 aliphatic rings. The molecule has 2 heterocycles. The van der Waals surface area contributed by atoms with E-state index >= 15 is 0 Å². The number of nitrogen functional groups attached to an aromatic ring is 1. The Morgan fingerprint density at radius 3 is 2.74 bits per heavy atom. The summed E-state index contributed by atoms with van der Waals surface area (Å²) in [7, 11) is 0. The minimum Gasteiger partial charge on any atom is -0.454 e. The van der Waals surface area contributed by atoms with Crippen LogP contribution in [0, 0.1) is 5.82 Å². The third-order valence-electron chi connectivity index (χ3n) is 3.53. The molecule has 0 fully saturated rings. The first-order valence-corrected chi connectivity index (χ1v) is 6.90. The molecule has 0 radical (unpaired) electrons. The normalized spacial score (nSPS) is 11.0. The molecule has 4 N–H and O–H groups in total. The van der Waals surface area contributed by atoms with E-state index in [1.807, 2.05) is 6.07 Å². The molecule has 114 valence electrons. The van der Waals surface area contributed by atoms with Crippen molar-refractivity contribution in [1.82, 2.24) is 20.4 Å². The summed E-state index contributed by atoms with van der Waals surface area (Å²) < 4.78 is 19.8. The molecule has 23 heavy (non-hydrogen) atoms. The van der Waals surface area contributed by atoms with Crippen molar-refractivity contribution in [2.75, 3.05) is 5.73 Å². The summed E-state index contributed by atoms with van der Waals surface area (Å²) >= 11 is 0. The lowest BCUT2D eigenvalue weighted by atomic mass is 10.1. The van der Waals surface area contributed by atoms with Crippen molar-refractivity contribution >= 4 is 16.6 Å². The first kappa shape index (κ1) is 13.3. The van der Waals surface area contributed by atoms with Gasteiger partial charge in [0.2, 0.25) is 0 Å². The SMILES string of the molecule is Nc1ccc(Oc2cc3cn[nH]c3cc2-c2cn[nH]c2)c(F)c1. The number of nitrogens with one attached hydrogen (secondary N) is 2. The van der Waals surface area contributed by atoms with E-state index in [0.717, 1.165) is 22.0 Å². The minimum absolute atomic E-state index is 0.104. The highest BCUT2D eigenvalue weighted by atomic mass is 19.1. The first-order valence-electron chi connectivity index (χ1n) is 6.90. The third-order valence-corrected chi connectivity index (χ3v) is 3.53. The lowest BCUT2D eigenvalue weighted by Gasteiger charge is -2.11. The highest BCUT2D eigenvalue weighted by Gasteiger charge is 2.13. The summed E-state index contributed by atoms with van der Waals surface area (Å²) in [5.41, 5.74) is 8.36. The predicted molar refractivity (Wildman–Crippen MR) is 84.6 cm³/mol. The maximum Gasteiger partial charge on any atom is 0.167 e. The molecule has 0 aliphatic heterocycles. The molecule has 0 bridgehead atoms. The molecule has 0 saturated carbocycles. The maximum atomic E-state index is 14.0. The number of aromatic amines is 2. The van der Waals surface area contributed by atoms with E-state index in [-0.39, 0.29) is 5.75 Å². The molecule has 0 spiro atoms. The quantitative estimate of drug-likeness (QED) is 0.505. The molecule has 2 aromatic heterocycles. The molecule has 0 aliphatic carbocycles. The van der Waals surface area contributed by atoms with Gasteiger partial charge in [0.05, 0.1) is 17.9 Å². The predicted octanol–water partition coefficient (Wildman–Crippen LogP) is 3.47. The van der Waals surface area contributed by atoms with Gasteiger partial charge in [0, 0.05) is 34.5 Å². The Labute approximate surface area is 130 Å². The second-order valence-corrected chi connectivity index (χ2v) is 5.08. The number of benzene rings is 2. The Hall–Kier alpha value is -3.35. The Morgan fingerprint density at radius 1 is 1.04 bits per heavy atom. The van der Waals surface area contributed by atoms with Crippen LogP contribution in [-0.4, -0.2) is 20.4 Å². The summed E-state index contributed by atoms with van der Waals surface area (Å²) in [6, 6.07) is 8.01. The maximum absolute atomic E-state index is 14.0. The number of fused-ring (bicyclic) bond motifs is 1. The van der Waals surface area contributed by atoms with E-state index in [2.05, 4.69) is 20.4 Å². The Balaban J connectivity index is 1.85. The number of rotatable bonds is 3. The first-order chi connectivity index (χ1) is 11.2. The minimum atomic E-state index is -0.518. The summed E-state index contributed by atoms with van der Waals surface area (Å²) in [5, 5.41) is 14.5. The van der Waals surface area contributed by atoms with Gasteiger partial charge < -0.3 is 10.5 Å². The van der Waals surface area contributed by atoms with Crippen LogP contribution in [0.2, 0.25) is 0 Å². The third kappa shape index (κ3) is 2.38. The highest BCUT2D eigenvalue weighted by Crippen LogP contribution is 2.37. The molecule has 0 atom stereocenters. The molecule has 4 aromatic rings. The molecule has 0 saturated heterocycles. The molecule has 4 rings (SSSR count). The number of hydrogen-bond donors (Lipinski definition) is 3. The van der Waals surface area contributed by atoms with Gasteiger partial charge in [-0.05, 0) is 24.3 Å². The van der Waals surface area contributed by atoms with Crippen molar-refractivity contribution in [2.45, 2.75) is 0 Å². The number of nitrogens with two attached hydrogens (primary N) is 1. The van der Waals surface area contributed by atoms with E-state index in [1.165, 1.54) is 12.1 Å². The number of nitrogens with zero attached hydrogens (tertiary/aromatic N) is 2. The fraction of sp³-hybridized carbons (Fsp3) is 0. The van der Waals surface area contributed by atoms with Gasteiger partial charge >= 0.3 is 0 Å². The second-order valence-electron chi connectivity index (χ2n) is 5.08. The van der Waals surface area contributed by atoms with Crippen molar-refractivity contribution in [3.8, 4) is 22.6 Å². The lowest BCUT2D eigenvalue weighted by Crippen LogP contribution is -1.93. The van der Waals surface area contributed by atoms with Crippen LogP contribution in [-0.2, 0) is 0 Å². The molecular weight excluding hydrogens is 297 g/mol. The number of ether oxygens (including phenoxy) is 1. The van der Waals surface area contributed by atoms with Crippen LogP contribution < -0.4 is 10.5 Å². The monoisotopic (exact) mass is 309 g/mol. The van der Waals surface area contributed by atoms with Crippen molar-refractivity contribution < 1.29 is 9.13 Å². The second kappa shape index (κ2) is 5.13. The van der Waals surface area contributed by atoms with Gasteiger partial charge in [-0.25, -0.2) is 4.39 Å². The summed E-state index contributed by atoms with van der Waals surface area (Å²) in [4.78, 5) is 0. The lowest BCUT2D eigenvalue weighted by molar-refractivity contribution is 0.444. The number of aromatic nitrogens is 4. The van der Waals surface area contributed by atoms with Gasteiger partial charge in [0.25, 0.3) is 0 Å². The van der Waals surface area contributed by atoms with Crippen LogP contribution in [0.15, 0.2) is 48.9 Å². The van der Waals surface area contributed by atoms with E-state index in [1.54, 1.807) is 30.7 Å². The van der Waals surface area contributed by atoms with Crippen molar-refractivity contribution in [2.24, 2.45) is 0 Å². The van der Waals surface area contributed by atoms with Gasteiger partial charge in [0.1, 0.15) is 5.75 Å². The standard InChI is InChI=1S/C16H12FN5O/c17-13-4-11(18)1-2-15(13)23-16-3-9-6-21-22-14(9)5-12(16)10-7-19-20-8-10/h1-8H,18H2,(H,19,20)(H,21,22). The topological polar surface area (TPSA) is 92.6 Å². The summed E-state index contributed by atoms with van der Waals surface area (Å²) in [6.07, 6.45) is 5.09. The number of anilines is 1. The van der Waals surface area contributed by atoms with Crippen LogP contribution in [0.5, 0.6) is 11.5 Å². The van der Waals surface area contributed by atoms with E-state index < -0.39 is 5.82 Å². The van der Waals surface area contributed by atoms with Crippen LogP contribution in [0.25, 0.3) is 22.0 Å². The summed E-state index contributed by atoms with van der Waals surface area (Å²) in [6.45, 7) is 0. The van der Waals surface area contributed by atoms with Gasteiger partial charge in [-0.15, -0.1) is 0 Å². The van der Waals surface area contributed by atoms with Crippen LogP contribution in [0.1, 0.15) is 0 Å². The molecule has 2 aromatic carbocycles. The Morgan fingerprint density at radius 2 is 1.96 bits per heavy atom. The fourth-order valence-electron chi connectivity index (χ4n) is 2.40. The molecule has 0 amide bonds. The van der Waals surface area contributed by atoms with Crippen LogP contribution in [0.3, 0.4) is 0 Å². The van der Waals surface area contributed by atoms with Crippen LogP contribution >= 0.6 is 0 Å². The number of hydrogen-bond acceptors (Lipinski definition) is 4. The molecule has 7 heteroatoms. The highest BCUT2D eigenvalue weighted by molar-refractivity contribution is 5.87. The molecular formula is C16H12FN5O. The van der Waals surface area contributed by atoms with Gasteiger partial charge in [0.15, 0.2) is 11.6 Å². The van der Waals surface area contributed by atoms with Gasteiger partial charge in [-0.3, -0.25) is 10.2 Å². The fourth-order valence-corrected chi connectivity index (χ4v) is 2.40. The zero-order chi connectivity index (χ0) is 15.8. The van der Waals surface area contributed by atoms with Crippen molar-refractivity contribution in [3.05, 3.63) is 54.7 Å².